The van der Waals surface area contributed by atoms with Gasteiger partial charge in [0.05, 0.1) is 24.9 Å². The largest absolute Gasteiger partial charge is 0.481 e. The highest BCUT2D eigenvalue weighted by Gasteiger charge is 2.35. The number of likely N-dealkylation sites (tertiary alicyclic amines) is 1. The zero-order chi connectivity index (χ0) is 22.1. The number of unbranched alkanes of at least 4 members (excludes halogenated alkanes) is 4. The van der Waals surface area contributed by atoms with Crippen LogP contribution in [0.25, 0.3) is 11.0 Å². The maximum absolute atomic E-state index is 12.9. The average molecular weight is 430 g/mol. The van der Waals surface area contributed by atoms with Crippen LogP contribution >= 0.6 is 0 Å². The van der Waals surface area contributed by atoms with Gasteiger partial charge in [0.1, 0.15) is 5.52 Å². The second kappa shape index (κ2) is 11.2. The molecule has 8 heteroatoms. The van der Waals surface area contributed by atoms with Gasteiger partial charge in [-0.3, -0.25) is 4.98 Å². The molecule has 2 aromatic heterocycles. The Balaban J connectivity index is 1.54. The quantitative estimate of drug-likeness (QED) is 0.500. The minimum atomic E-state index is -0.292. The SMILES string of the molecule is CCCCCCCNC1(CO)CCN(C(=O)Nc2ccnc3ccc(OC)nc23)CC1. The Hall–Kier alpha value is -2.45. The van der Waals surface area contributed by atoms with Crippen LogP contribution in [0.15, 0.2) is 24.4 Å². The number of urea groups is 1. The van der Waals surface area contributed by atoms with Crippen molar-refractivity contribution < 1.29 is 14.6 Å². The highest BCUT2D eigenvalue weighted by atomic mass is 16.5. The Labute approximate surface area is 184 Å². The van der Waals surface area contributed by atoms with E-state index in [0.29, 0.717) is 35.7 Å². The summed E-state index contributed by atoms with van der Waals surface area (Å²) in [5.41, 5.74) is 1.61. The molecule has 0 aromatic carbocycles. The van der Waals surface area contributed by atoms with Crippen molar-refractivity contribution in [3.63, 3.8) is 0 Å². The molecule has 31 heavy (non-hydrogen) atoms. The van der Waals surface area contributed by atoms with Crippen LogP contribution in [0, 0.1) is 0 Å². The normalized spacial score (nSPS) is 15.8. The first-order valence-electron chi connectivity index (χ1n) is 11.3. The van der Waals surface area contributed by atoms with Crippen LogP contribution in [0.3, 0.4) is 0 Å². The number of aliphatic hydroxyl groups excluding tert-OH is 1. The van der Waals surface area contributed by atoms with E-state index in [1.54, 1.807) is 30.3 Å². The van der Waals surface area contributed by atoms with Gasteiger partial charge in [0, 0.05) is 30.9 Å². The zero-order valence-corrected chi connectivity index (χ0v) is 18.7. The van der Waals surface area contributed by atoms with E-state index in [0.717, 1.165) is 25.8 Å². The fourth-order valence-corrected chi connectivity index (χ4v) is 4.03. The molecule has 2 aromatic rings. The van der Waals surface area contributed by atoms with Crippen LogP contribution in [-0.4, -0.2) is 64.9 Å². The number of methoxy groups -OCH3 is 1. The van der Waals surface area contributed by atoms with E-state index in [9.17, 15) is 9.90 Å². The molecule has 0 radical (unpaired) electrons. The lowest BCUT2D eigenvalue weighted by Crippen LogP contribution is -2.57. The first kappa shape index (κ1) is 23.2. The third-order valence-corrected chi connectivity index (χ3v) is 6.10. The standard InChI is InChI=1S/C23H35N5O3/c1-3-4-5-6-7-13-25-23(17-29)11-15-28(16-12-23)22(30)26-19-10-14-24-18-8-9-20(31-2)27-21(18)19/h8-10,14,25,29H,3-7,11-13,15-17H2,1-2H3,(H,24,26,30). The molecule has 3 N–H and O–H groups in total. The van der Waals surface area contributed by atoms with E-state index in [-0.39, 0.29) is 18.2 Å². The molecule has 3 rings (SSSR count). The van der Waals surface area contributed by atoms with Gasteiger partial charge >= 0.3 is 6.03 Å². The number of pyridine rings is 2. The number of hydrogen-bond donors (Lipinski definition) is 3. The van der Waals surface area contributed by atoms with Gasteiger partial charge in [-0.15, -0.1) is 0 Å². The summed E-state index contributed by atoms with van der Waals surface area (Å²) in [6.07, 6.45) is 9.25. The predicted octanol–water partition coefficient (Wildman–Crippen LogP) is 3.56. The predicted molar refractivity (Wildman–Crippen MR) is 122 cm³/mol. The van der Waals surface area contributed by atoms with Crippen LogP contribution in [0.4, 0.5) is 10.5 Å². The summed E-state index contributed by atoms with van der Waals surface area (Å²) in [5.74, 6) is 0.475. The maximum Gasteiger partial charge on any atom is 0.321 e. The third kappa shape index (κ3) is 6.04. The zero-order valence-electron chi connectivity index (χ0n) is 18.7. The van der Waals surface area contributed by atoms with Crippen LogP contribution in [0.2, 0.25) is 0 Å². The summed E-state index contributed by atoms with van der Waals surface area (Å²) < 4.78 is 5.20. The number of rotatable bonds is 10. The molecule has 0 saturated carbocycles. The van der Waals surface area contributed by atoms with E-state index in [2.05, 4.69) is 27.5 Å². The summed E-state index contributed by atoms with van der Waals surface area (Å²) in [6, 6.07) is 5.15. The number of hydrogen-bond acceptors (Lipinski definition) is 6. The first-order valence-corrected chi connectivity index (χ1v) is 11.3. The van der Waals surface area contributed by atoms with Gasteiger partial charge in [-0.25, -0.2) is 9.78 Å². The van der Waals surface area contributed by atoms with Gasteiger partial charge in [0.2, 0.25) is 5.88 Å². The number of nitrogens with one attached hydrogen (secondary N) is 2. The summed E-state index contributed by atoms with van der Waals surface area (Å²) in [5, 5.41) is 16.5. The number of aromatic nitrogens is 2. The van der Waals surface area contributed by atoms with Gasteiger partial charge in [-0.1, -0.05) is 32.6 Å². The van der Waals surface area contributed by atoms with Crippen molar-refractivity contribution in [3.05, 3.63) is 24.4 Å². The number of carbonyl (C=O) groups excluding carboxylic acids is 1. The van der Waals surface area contributed by atoms with Gasteiger partial charge in [0.25, 0.3) is 0 Å². The molecule has 1 saturated heterocycles. The molecule has 0 spiro atoms. The van der Waals surface area contributed by atoms with Gasteiger partial charge < -0.3 is 25.4 Å². The molecule has 0 unspecified atom stereocenters. The van der Waals surface area contributed by atoms with E-state index in [4.69, 9.17) is 4.74 Å². The number of fused-ring (bicyclic) bond motifs is 1. The van der Waals surface area contributed by atoms with Crippen molar-refractivity contribution in [3.8, 4) is 5.88 Å². The average Bonchev–Trinajstić information content (AvgIpc) is 2.81. The second-order valence-corrected chi connectivity index (χ2v) is 8.28. The molecule has 1 fully saturated rings. The topological polar surface area (TPSA) is 99.6 Å². The summed E-state index contributed by atoms with van der Waals surface area (Å²) in [7, 11) is 1.56. The molecule has 1 aliphatic heterocycles. The Morgan fingerprint density at radius 1 is 1.19 bits per heavy atom. The highest BCUT2D eigenvalue weighted by molar-refractivity contribution is 5.98. The monoisotopic (exact) mass is 429 g/mol. The van der Waals surface area contributed by atoms with E-state index >= 15 is 0 Å². The Kier molecular flexibility index (Phi) is 8.43. The first-order chi connectivity index (χ1) is 15.1. The Morgan fingerprint density at radius 2 is 1.97 bits per heavy atom. The van der Waals surface area contributed by atoms with Crippen molar-refractivity contribution in [2.75, 3.05) is 38.7 Å². The summed E-state index contributed by atoms with van der Waals surface area (Å²) in [6.45, 7) is 4.40. The lowest BCUT2D eigenvalue weighted by molar-refractivity contribution is 0.0919. The lowest BCUT2D eigenvalue weighted by Gasteiger charge is -2.41. The third-order valence-electron chi connectivity index (χ3n) is 6.10. The molecule has 0 bridgehead atoms. The van der Waals surface area contributed by atoms with Crippen molar-refractivity contribution in [1.29, 1.82) is 0 Å². The summed E-state index contributed by atoms with van der Waals surface area (Å²) in [4.78, 5) is 23.4. The van der Waals surface area contributed by atoms with Crippen LogP contribution in [0.1, 0.15) is 51.9 Å². The van der Waals surface area contributed by atoms with Crippen LogP contribution in [-0.2, 0) is 0 Å². The molecule has 1 aliphatic rings. The van der Waals surface area contributed by atoms with Gasteiger partial charge in [-0.2, -0.15) is 0 Å². The number of piperidine rings is 1. The van der Waals surface area contributed by atoms with Crippen molar-refractivity contribution >= 4 is 22.8 Å². The molecule has 0 atom stereocenters. The highest BCUT2D eigenvalue weighted by Crippen LogP contribution is 2.25. The lowest BCUT2D eigenvalue weighted by atomic mass is 9.88. The fourth-order valence-electron chi connectivity index (χ4n) is 4.03. The molecule has 170 valence electrons. The number of nitrogens with zero attached hydrogens (tertiary/aromatic N) is 3. The Morgan fingerprint density at radius 3 is 2.68 bits per heavy atom. The van der Waals surface area contributed by atoms with Crippen molar-refractivity contribution in [2.45, 2.75) is 57.4 Å². The second-order valence-electron chi connectivity index (χ2n) is 8.28. The fraction of sp³-hybridized carbons (Fsp3) is 0.609. The summed E-state index contributed by atoms with van der Waals surface area (Å²) >= 11 is 0. The van der Waals surface area contributed by atoms with Crippen molar-refractivity contribution in [1.82, 2.24) is 20.2 Å². The molecular weight excluding hydrogens is 394 g/mol. The van der Waals surface area contributed by atoms with Gasteiger partial charge in [0.15, 0.2) is 0 Å². The van der Waals surface area contributed by atoms with Crippen LogP contribution < -0.4 is 15.4 Å². The minimum absolute atomic E-state index is 0.0934. The van der Waals surface area contributed by atoms with Gasteiger partial charge in [-0.05, 0) is 37.9 Å². The number of ether oxygens (including phenoxy) is 1. The number of carbonyl (C=O) groups is 1. The number of anilines is 1. The molecule has 0 aliphatic carbocycles. The smallest absolute Gasteiger partial charge is 0.321 e. The molecule has 3 heterocycles. The molecular formula is C23H35N5O3. The van der Waals surface area contributed by atoms with E-state index in [1.165, 1.54) is 25.7 Å². The maximum atomic E-state index is 12.9. The van der Waals surface area contributed by atoms with Crippen molar-refractivity contribution in [2.24, 2.45) is 0 Å². The molecule has 2 amide bonds. The number of aliphatic hydroxyl groups is 1. The Bertz CT molecular complexity index is 852. The van der Waals surface area contributed by atoms with E-state index in [1.807, 2.05) is 6.07 Å². The minimum Gasteiger partial charge on any atom is -0.481 e. The van der Waals surface area contributed by atoms with E-state index < -0.39 is 0 Å². The molecule has 8 nitrogen and oxygen atoms in total. The van der Waals surface area contributed by atoms with Crippen LogP contribution in [0.5, 0.6) is 5.88 Å². The number of amides is 2.